The fourth-order valence-electron chi connectivity index (χ4n) is 2.80. The lowest BCUT2D eigenvalue weighted by Crippen LogP contribution is -2.08. The van der Waals surface area contributed by atoms with E-state index in [4.69, 9.17) is 10.1 Å². The van der Waals surface area contributed by atoms with Gasteiger partial charge in [0, 0.05) is 18.4 Å². The van der Waals surface area contributed by atoms with Crippen LogP contribution in [0, 0.1) is 5.41 Å². The molecule has 3 rings (SSSR count). The van der Waals surface area contributed by atoms with Gasteiger partial charge in [0.25, 0.3) is 0 Å². The molecular weight excluding hydrogens is 286 g/mol. The van der Waals surface area contributed by atoms with Crippen LogP contribution in [0.5, 0.6) is 0 Å². The Morgan fingerprint density at radius 1 is 1.22 bits per heavy atom. The molecule has 3 aromatic rings. The van der Waals surface area contributed by atoms with Gasteiger partial charge in [-0.2, -0.15) is 0 Å². The van der Waals surface area contributed by atoms with Gasteiger partial charge in [0.1, 0.15) is 5.52 Å². The molecule has 0 atom stereocenters. The molecule has 4 heteroatoms. The second-order valence-electron chi connectivity index (χ2n) is 7.18. The summed E-state index contributed by atoms with van der Waals surface area (Å²) in [5.41, 5.74) is 6.20. The molecule has 0 aliphatic rings. The molecule has 0 saturated carbocycles. The number of H-pyrrole nitrogens is 1. The van der Waals surface area contributed by atoms with E-state index in [0.717, 1.165) is 34.4 Å². The van der Waals surface area contributed by atoms with Crippen molar-refractivity contribution in [2.45, 2.75) is 33.6 Å². The van der Waals surface area contributed by atoms with E-state index in [9.17, 15) is 0 Å². The maximum atomic E-state index is 9.11. The van der Waals surface area contributed by atoms with E-state index >= 15 is 0 Å². The molecule has 1 aromatic carbocycles. The molecule has 0 amide bonds. The Bertz CT molecular complexity index is 815. The molecule has 2 aromatic heterocycles. The minimum Gasteiger partial charge on any atom is -0.396 e. The summed E-state index contributed by atoms with van der Waals surface area (Å²) in [6, 6.07) is 8.13. The predicted molar refractivity (Wildman–Crippen MR) is 93.3 cm³/mol. The third-order valence-corrected chi connectivity index (χ3v) is 3.80. The summed E-state index contributed by atoms with van der Waals surface area (Å²) < 4.78 is 0. The average molecular weight is 309 g/mol. The number of benzene rings is 1. The van der Waals surface area contributed by atoms with Crippen LogP contribution in [0.3, 0.4) is 0 Å². The van der Waals surface area contributed by atoms with E-state index < -0.39 is 0 Å². The van der Waals surface area contributed by atoms with E-state index in [1.165, 1.54) is 5.56 Å². The van der Waals surface area contributed by atoms with E-state index in [1.54, 1.807) is 6.20 Å². The van der Waals surface area contributed by atoms with Crippen LogP contribution in [0.25, 0.3) is 22.4 Å². The second-order valence-corrected chi connectivity index (χ2v) is 7.18. The summed E-state index contributed by atoms with van der Waals surface area (Å²) in [6.07, 6.45) is 5.43. The molecule has 4 nitrogen and oxygen atoms in total. The smallest absolute Gasteiger partial charge is 0.156 e. The fourth-order valence-corrected chi connectivity index (χ4v) is 2.80. The van der Waals surface area contributed by atoms with Crippen LogP contribution in [0.15, 0.2) is 36.7 Å². The first-order valence-electron chi connectivity index (χ1n) is 7.99. The number of fused-ring (bicyclic) bond motifs is 1. The molecule has 0 fully saturated rings. The van der Waals surface area contributed by atoms with Gasteiger partial charge in [-0.1, -0.05) is 39.0 Å². The molecule has 0 saturated heterocycles. The van der Waals surface area contributed by atoms with Crippen molar-refractivity contribution in [3.8, 4) is 11.3 Å². The summed E-state index contributed by atoms with van der Waals surface area (Å²) in [5, 5.41) is 9.11. The van der Waals surface area contributed by atoms with Crippen molar-refractivity contribution in [1.82, 2.24) is 15.0 Å². The lowest BCUT2D eigenvalue weighted by Gasteiger charge is -2.16. The number of nitrogens with one attached hydrogen (secondary N) is 1. The van der Waals surface area contributed by atoms with Crippen LogP contribution in [0.4, 0.5) is 0 Å². The molecule has 0 bridgehead atoms. The average Bonchev–Trinajstić information content (AvgIpc) is 2.88. The number of hydrogen-bond donors (Lipinski definition) is 2. The zero-order valence-electron chi connectivity index (χ0n) is 13.9. The van der Waals surface area contributed by atoms with Crippen molar-refractivity contribution < 1.29 is 5.11 Å². The summed E-state index contributed by atoms with van der Waals surface area (Å²) in [5.74, 6) is 0. The molecule has 0 radical (unpaired) electrons. The van der Waals surface area contributed by atoms with Gasteiger partial charge in [-0.25, -0.2) is 9.97 Å². The van der Waals surface area contributed by atoms with E-state index in [-0.39, 0.29) is 12.0 Å². The lowest BCUT2D eigenvalue weighted by atomic mass is 9.89. The molecule has 120 valence electrons. The van der Waals surface area contributed by atoms with Gasteiger partial charge in [-0.3, -0.25) is 0 Å². The van der Waals surface area contributed by atoms with Crippen molar-refractivity contribution >= 4 is 11.2 Å². The van der Waals surface area contributed by atoms with Gasteiger partial charge in [0.05, 0.1) is 11.9 Å². The van der Waals surface area contributed by atoms with E-state index in [0.29, 0.717) is 6.42 Å². The topological polar surface area (TPSA) is 61.8 Å². The first-order valence-corrected chi connectivity index (χ1v) is 7.99. The molecule has 0 unspecified atom stereocenters. The summed E-state index contributed by atoms with van der Waals surface area (Å²) in [4.78, 5) is 12.6. The van der Waals surface area contributed by atoms with E-state index in [1.807, 2.05) is 24.4 Å². The molecule has 23 heavy (non-hydrogen) atoms. The van der Waals surface area contributed by atoms with Crippen molar-refractivity contribution in [2.24, 2.45) is 5.41 Å². The highest BCUT2D eigenvalue weighted by Crippen LogP contribution is 2.27. The minimum atomic E-state index is 0.154. The number of aliphatic hydroxyl groups is 1. The summed E-state index contributed by atoms with van der Waals surface area (Å²) in [7, 11) is 0. The molecule has 0 aliphatic carbocycles. The third-order valence-electron chi connectivity index (χ3n) is 3.80. The fraction of sp³-hybridized carbons (Fsp3) is 0.368. The second kappa shape index (κ2) is 6.13. The van der Waals surface area contributed by atoms with Gasteiger partial charge in [0.15, 0.2) is 5.65 Å². The number of nitrogens with zero attached hydrogens (tertiary/aromatic N) is 2. The van der Waals surface area contributed by atoms with Gasteiger partial charge in [-0.05, 0) is 35.4 Å². The van der Waals surface area contributed by atoms with Crippen LogP contribution in [-0.4, -0.2) is 26.7 Å². The zero-order chi connectivity index (χ0) is 16.4. The van der Waals surface area contributed by atoms with Crippen LogP contribution < -0.4 is 0 Å². The van der Waals surface area contributed by atoms with Crippen molar-refractivity contribution in [1.29, 1.82) is 0 Å². The maximum Gasteiger partial charge on any atom is 0.156 e. The molecular formula is C19H23N3O. The molecule has 0 aliphatic heterocycles. The first kappa shape index (κ1) is 15.7. The van der Waals surface area contributed by atoms with Crippen LogP contribution in [0.1, 0.15) is 31.9 Å². The Balaban J connectivity index is 2.02. The molecule has 2 heterocycles. The summed E-state index contributed by atoms with van der Waals surface area (Å²) >= 11 is 0. The Kier molecular flexibility index (Phi) is 4.18. The SMILES string of the molecule is CC(C)(C)Cc1c[nH]c2ncc(-c3cccc(CCO)c3)nc12. The normalized spacial score (nSPS) is 12.0. The highest BCUT2D eigenvalue weighted by atomic mass is 16.2. The minimum absolute atomic E-state index is 0.154. The van der Waals surface area contributed by atoms with Gasteiger partial charge >= 0.3 is 0 Å². The quantitative estimate of drug-likeness (QED) is 0.771. The van der Waals surface area contributed by atoms with Gasteiger partial charge in [-0.15, -0.1) is 0 Å². The van der Waals surface area contributed by atoms with Gasteiger partial charge < -0.3 is 10.1 Å². The number of aliphatic hydroxyl groups excluding tert-OH is 1. The van der Waals surface area contributed by atoms with Crippen LogP contribution in [-0.2, 0) is 12.8 Å². The third kappa shape index (κ3) is 3.59. The molecule has 2 N–H and O–H groups in total. The maximum absolute atomic E-state index is 9.11. The van der Waals surface area contributed by atoms with Crippen molar-refractivity contribution in [3.05, 3.63) is 47.8 Å². The highest BCUT2D eigenvalue weighted by Gasteiger charge is 2.16. The van der Waals surface area contributed by atoms with Gasteiger partial charge in [0.2, 0.25) is 0 Å². The van der Waals surface area contributed by atoms with Crippen LogP contribution in [0.2, 0.25) is 0 Å². The Morgan fingerprint density at radius 2 is 2.04 bits per heavy atom. The van der Waals surface area contributed by atoms with Crippen LogP contribution >= 0.6 is 0 Å². The monoisotopic (exact) mass is 309 g/mol. The first-order chi connectivity index (χ1) is 11.0. The van der Waals surface area contributed by atoms with Crippen molar-refractivity contribution in [3.63, 3.8) is 0 Å². The Morgan fingerprint density at radius 3 is 2.78 bits per heavy atom. The Labute approximate surface area is 136 Å². The predicted octanol–water partition coefficient (Wildman–Crippen LogP) is 3.75. The highest BCUT2D eigenvalue weighted by molar-refractivity contribution is 5.78. The Hall–Kier alpha value is -2.20. The number of rotatable bonds is 4. The van der Waals surface area contributed by atoms with Crippen molar-refractivity contribution in [2.75, 3.05) is 6.61 Å². The standard InChI is InChI=1S/C19H23N3O/c1-19(2,3)10-15-11-20-18-17(15)22-16(12-21-18)14-6-4-5-13(9-14)7-8-23/h4-6,9,11-12,23H,7-8,10H2,1-3H3,(H,20,21). The molecule has 0 spiro atoms. The largest absolute Gasteiger partial charge is 0.396 e. The lowest BCUT2D eigenvalue weighted by molar-refractivity contribution is 0.299. The number of hydrogen-bond acceptors (Lipinski definition) is 3. The number of aromatic amines is 1. The number of aromatic nitrogens is 3. The summed E-state index contributed by atoms with van der Waals surface area (Å²) in [6.45, 7) is 6.83. The zero-order valence-corrected chi connectivity index (χ0v) is 13.9. The van der Waals surface area contributed by atoms with E-state index in [2.05, 4.69) is 36.8 Å².